The van der Waals surface area contributed by atoms with Crippen LogP contribution in [0.1, 0.15) is 18.4 Å². The monoisotopic (exact) mass is 301 g/mol. The van der Waals surface area contributed by atoms with Gasteiger partial charge in [-0.15, -0.1) is 0 Å². The molecule has 5 nitrogen and oxygen atoms in total. The Balaban J connectivity index is 1.72. The number of nitro benzene ring substituents is 1. The van der Waals surface area contributed by atoms with E-state index in [-0.39, 0.29) is 10.6 Å². The minimum Gasteiger partial charge on any atom is -0.310 e. The summed E-state index contributed by atoms with van der Waals surface area (Å²) < 4.78 is 0. The zero-order chi connectivity index (χ0) is 14.7. The summed E-state index contributed by atoms with van der Waals surface area (Å²) in [5.74, 6) is 0. The van der Waals surface area contributed by atoms with E-state index in [0.717, 1.165) is 22.0 Å². The van der Waals surface area contributed by atoms with Crippen LogP contribution in [-0.4, -0.2) is 15.9 Å². The Morgan fingerprint density at radius 1 is 1.29 bits per heavy atom. The molecule has 0 bridgehead atoms. The molecule has 0 radical (unpaired) electrons. The van der Waals surface area contributed by atoms with Crippen LogP contribution in [0.5, 0.6) is 0 Å². The fraction of sp³-hybridized carbons (Fsp3) is 0.267. The predicted octanol–water partition coefficient (Wildman–Crippen LogP) is 3.39. The van der Waals surface area contributed by atoms with E-state index in [1.54, 1.807) is 18.3 Å². The van der Waals surface area contributed by atoms with Crippen LogP contribution in [0.2, 0.25) is 0 Å². The Morgan fingerprint density at radius 3 is 2.71 bits per heavy atom. The summed E-state index contributed by atoms with van der Waals surface area (Å²) >= 11 is 1.53. The molecule has 0 saturated heterocycles. The van der Waals surface area contributed by atoms with Crippen molar-refractivity contribution in [2.24, 2.45) is 0 Å². The molecule has 1 aliphatic carbocycles. The van der Waals surface area contributed by atoms with Gasteiger partial charge in [-0.1, -0.05) is 17.8 Å². The number of nitro groups is 1. The number of pyridine rings is 1. The fourth-order valence-electron chi connectivity index (χ4n) is 1.94. The van der Waals surface area contributed by atoms with E-state index in [4.69, 9.17) is 0 Å². The summed E-state index contributed by atoms with van der Waals surface area (Å²) in [7, 11) is 0. The number of nitrogens with one attached hydrogen (secondary N) is 1. The number of hydrogen-bond acceptors (Lipinski definition) is 5. The maximum absolute atomic E-state index is 10.7. The summed E-state index contributed by atoms with van der Waals surface area (Å²) in [5, 5.41) is 15.1. The van der Waals surface area contributed by atoms with Crippen LogP contribution in [0.15, 0.2) is 52.5 Å². The number of rotatable bonds is 6. The Morgan fingerprint density at radius 2 is 2.05 bits per heavy atom. The molecule has 0 amide bonds. The molecule has 1 N–H and O–H groups in total. The van der Waals surface area contributed by atoms with Gasteiger partial charge in [-0.05, 0) is 36.6 Å². The third-order valence-corrected chi connectivity index (χ3v) is 4.34. The number of benzene rings is 1. The second-order valence-corrected chi connectivity index (χ2v) is 6.04. The lowest BCUT2D eigenvalue weighted by atomic mass is 10.3. The van der Waals surface area contributed by atoms with E-state index < -0.39 is 0 Å². The van der Waals surface area contributed by atoms with E-state index in [1.165, 1.54) is 36.7 Å². The normalized spacial score (nSPS) is 14.1. The van der Waals surface area contributed by atoms with Gasteiger partial charge >= 0.3 is 0 Å². The molecule has 0 spiro atoms. The molecule has 0 aliphatic heterocycles. The van der Waals surface area contributed by atoms with E-state index in [1.807, 2.05) is 6.07 Å². The van der Waals surface area contributed by atoms with E-state index in [2.05, 4.69) is 16.4 Å². The lowest BCUT2D eigenvalue weighted by molar-refractivity contribution is -0.384. The first-order chi connectivity index (χ1) is 10.2. The third-order valence-electron chi connectivity index (χ3n) is 3.27. The highest BCUT2D eigenvalue weighted by atomic mass is 32.2. The number of hydrogen-bond donors (Lipinski definition) is 1. The topological polar surface area (TPSA) is 68.1 Å². The van der Waals surface area contributed by atoms with Gasteiger partial charge in [-0.2, -0.15) is 0 Å². The van der Waals surface area contributed by atoms with Crippen molar-refractivity contribution in [1.82, 2.24) is 10.3 Å². The van der Waals surface area contributed by atoms with Gasteiger partial charge in [-0.3, -0.25) is 10.1 Å². The van der Waals surface area contributed by atoms with Crippen LogP contribution >= 0.6 is 11.8 Å². The molecule has 3 rings (SSSR count). The maximum Gasteiger partial charge on any atom is 0.269 e. The van der Waals surface area contributed by atoms with Crippen LogP contribution in [0, 0.1) is 10.1 Å². The van der Waals surface area contributed by atoms with Crippen LogP contribution in [-0.2, 0) is 6.54 Å². The Labute approximate surface area is 126 Å². The van der Waals surface area contributed by atoms with Crippen molar-refractivity contribution >= 4 is 17.4 Å². The van der Waals surface area contributed by atoms with Crippen molar-refractivity contribution in [3.05, 3.63) is 58.3 Å². The van der Waals surface area contributed by atoms with Crippen LogP contribution in [0.25, 0.3) is 0 Å². The standard InChI is InChI=1S/C15H15N3O2S/c19-18(20)13-5-7-14(8-6-13)21-15-11(2-1-9-16-15)10-17-12-3-4-12/h1-2,5-9,12,17H,3-4,10H2. The quantitative estimate of drug-likeness (QED) is 0.654. The highest BCUT2D eigenvalue weighted by Gasteiger charge is 2.20. The Kier molecular flexibility index (Phi) is 4.17. The molecule has 2 aromatic rings. The van der Waals surface area contributed by atoms with Gasteiger partial charge in [0.1, 0.15) is 5.03 Å². The van der Waals surface area contributed by atoms with Crippen molar-refractivity contribution in [2.75, 3.05) is 0 Å². The predicted molar refractivity (Wildman–Crippen MR) is 81.3 cm³/mol. The summed E-state index contributed by atoms with van der Waals surface area (Å²) in [6.07, 6.45) is 4.28. The first kappa shape index (κ1) is 14.0. The molecule has 1 heterocycles. The summed E-state index contributed by atoms with van der Waals surface area (Å²) in [4.78, 5) is 15.6. The van der Waals surface area contributed by atoms with Gasteiger partial charge < -0.3 is 5.32 Å². The Bertz CT molecular complexity index is 642. The summed E-state index contributed by atoms with van der Waals surface area (Å²) in [6, 6.07) is 11.2. The molecule has 1 aromatic heterocycles. The van der Waals surface area contributed by atoms with E-state index >= 15 is 0 Å². The van der Waals surface area contributed by atoms with Gasteiger partial charge in [0.2, 0.25) is 0 Å². The van der Waals surface area contributed by atoms with Gasteiger partial charge in [0, 0.05) is 35.8 Å². The molecule has 1 aliphatic rings. The maximum atomic E-state index is 10.7. The molecular weight excluding hydrogens is 286 g/mol. The molecule has 1 fully saturated rings. The van der Waals surface area contributed by atoms with Crippen LogP contribution in [0.3, 0.4) is 0 Å². The van der Waals surface area contributed by atoms with Crippen molar-refractivity contribution in [3.8, 4) is 0 Å². The third kappa shape index (κ3) is 3.80. The Hall–Kier alpha value is -1.92. The molecular formula is C15H15N3O2S. The highest BCUT2D eigenvalue weighted by molar-refractivity contribution is 7.99. The van der Waals surface area contributed by atoms with Crippen LogP contribution in [0.4, 0.5) is 5.69 Å². The zero-order valence-corrected chi connectivity index (χ0v) is 12.2. The van der Waals surface area contributed by atoms with Gasteiger partial charge in [-0.25, -0.2) is 4.98 Å². The van der Waals surface area contributed by atoms with E-state index in [0.29, 0.717) is 6.04 Å². The van der Waals surface area contributed by atoms with Gasteiger partial charge in [0.15, 0.2) is 0 Å². The molecule has 0 atom stereocenters. The minimum absolute atomic E-state index is 0.107. The molecule has 1 aromatic carbocycles. The molecule has 0 unspecified atom stereocenters. The molecule has 6 heteroatoms. The highest BCUT2D eigenvalue weighted by Crippen LogP contribution is 2.30. The smallest absolute Gasteiger partial charge is 0.269 e. The van der Waals surface area contributed by atoms with Crippen molar-refractivity contribution < 1.29 is 4.92 Å². The lowest BCUT2D eigenvalue weighted by Gasteiger charge is -2.08. The molecule has 21 heavy (non-hydrogen) atoms. The average Bonchev–Trinajstić information content (AvgIpc) is 3.31. The summed E-state index contributed by atoms with van der Waals surface area (Å²) in [6.45, 7) is 0.813. The lowest BCUT2D eigenvalue weighted by Crippen LogP contribution is -2.16. The average molecular weight is 301 g/mol. The first-order valence-electron chi connectivity index (χ1n) is 6.82. The molecule has 1 saturated carbocycles. The summed E-state index contributed by atoms with van der Waals surface area (Å²) in [5.41, 5.74) is 1.27. The van der Waals surface area contributed by atoms with Gasteiger partial charge in [0.05, 0.1) is 4.92 Å². The number of non-ortho nitro benzene ring substituents is 1. The number of nitrogens with zero attached hydrogens (tertiary/aromatic N) is 2. The fourth-order valence-corrected chi connectivity index (χ4v) is 2.82. The van der Waals surface area contributed by atoms with Crippen molar-refractivity contribution in [1.29, 1.82) is 0 Å². The zero-order valence-electron chi connectivity index (χ0n) is 11.4. The minimum atomic E-state index is -0.389. The molecule has 108 valence electrons. The van der Waals surface area contributed by atoms with Gasteiger partial charge in [0.25, 0.3) is 5.69 Å². The van der Waals surface area contributed by atoms with Crippen molar-refractivity contribution in [2.45, 2.75) is 35.3 Å². The van der Waals surface area contributed by atoms with E-state index in [9.17, 15) is 10.1 Å². The van der Waals surface area contributed by atoms with Crippen LogP contribution < -0.4 is 5.32 Å². The SMILES string of the molecule is O=[N+]([O-])c1ccc(Sc2ncccc2CNC2CC2)cc1. The largest absolute Gasteiger partial charge is 0.310 e. The first-order valence-corrected chi connectivity index (χ1v) is 7.63. The van der Waals surface area contributed by atoms with Crippen molar-refractivity contribution in [3.63, 3.8) is 0 Å². The number of aromatic nitrogens is 1. The second-order valence-electron chi connectivity index (χ2n) is 4.98. The second kappa shape index (κ2) is 6.24.